The van der Waals surface area contributed by atoms with E-state index in [9.17, 15) is 4.79 Å². The van der Waals surface area contributed by atoms with Gasteiger partial charge in [0.25, 0.3) is 0 Å². The molecule has 1 fully saturated rings. The van der Waals surface area contributed by atoms with Gasteiger partial charge < -0.3 is 10.6 Å². The van der Waals surface area contributed by atoms with Crippen molar-refractivity contribution in [2.45, 2.75) is 19.3 Å². The fourth-order valence-corrected chi connectivity index (χ4v) is 1.65. The molecule has 1 amide bonds. The molecule has 1 heterocycles. The number of nitriles is 1. The zero-order chi connectivity index (χ0) is 9.68. The van der Waals surface area contributed by atoms with E-state index >= 15 is 0 Å². The Bertz CT molecular complexity index is 213. The van der Waals surface area contributed by atoms with E-state index in [4.69, 9.17) is 11.0 Å². The summed E-state index contributed by atoms with van der Waals surface area (Å²) in [4.78, 5) is 13.0. The molecule has 72 valence electrons. The van der Waals surface area contributed by atoms with Crippen molar-refractivity contribution in [1.82, 2.24) is 4.90 Å². The molecule has 0 aromatic heterocycles. The highest BCUT2D eigenvalue weighted by Gasteiger charge is 2.22. The number of rotatable bonds is 3. The highest BCUT2D eigenvalue weighted by molar-refractivity contribution is 5.76. The number of carbonyl (C=O) groups excluding carboxylic acids is 1. The lowest BCUT2D eigenvalue weighted by atomic mass is 9.96. The number of piperidine rings is 1. The van der Waals surface area contributed by atoms with Crippen LogP contribution in [0.3, 0.4) is 0 Å². The smallest absolute Gasteiger partial charge is 0.220 e. The Morgan fingerprint density at radius 1 is 1.54 bits per heavy atom. The first-order chi connectivity index (χ1) is 6.24. The Balaban J connectivity index is 2.23. The molecule has 2 N–H and O–H groups in total. The van der Waals surface area contributed by atoms with Crippen molar-refractivity contribution < 1.29 is 4.79 Å². The van der Waals surface area contributed by atoms with Gasteiger partial charge in [-0.2, -0.15) is 5.26 Å². The molecule has 1 aliphatic rings. The summed E-state index contributed by atoms with van der Waals surface area (Å²) in [5, 5.41) is 8.39. The van der Waals surface area contributed by atoms with Crippen molar-refractivity contribution in [3.05, 3.63) is 0 Å². The number of primary amides is 1. The third kappa shape index (κ3) is 3.03. The fourth-order valence-electron chi connectivity index (χ4n) is 1.65. The Labute approximate surface area is 78.3 Å². The molecule has 0 atom stereocenters. The molecular weight excluding hydrogens is 166 g/mol. The summed E-state index contributed by atoms with van der Waals surface area (Å²) in [6.45, 7) is 2.62. The summed E-state index contributed by atoms with van der Waals surface area (Å²) < 4.78 is 0. The molecule has 1 rings (SSSR count). The predicted molar refractivity (Wildman–Crippen MR) is 48.6 cm³/mol. The van der Waals surface area contributed by atoms with Crippen LogP contribution in [0.15, 0.2) is 0 Å². The maximum Gasteiger partial charge on any atom is 0.220 e. The normalized spacial score (nSPS) is 19.6. The summed E-state index contributed by atoms with van der Waals surface area (Å²) >= 11 is 0. The van der Waals surface area contributed by atoms with E-state index in [0.717, 1.165) is 32.5 Å². The van der Waals surface area contributed by atoms with Crippen molar-refractivity contribution in [3.63, 3.8) is 0 Å². The summed E-state index contributed by atoms with van der Waals surface area (Å²) in [5.74, 6) is -0.127. The van der Waals surface area contributed by atoms with Crippen LogP contribution >= 0.6 is 0 Å². The predicted octanol–water partition coefficient (Wildman–Crippen LogP) is 0.0974. The van der Waals surface area contributed by atoms with Gasteiger partial charge in [-0.3, -0.25) is 4.79 Å². The van der Waals surface area contributed by atoms with E-state index in [1.54, 1.807) is 0 Å². The van der Waals surface area contributed by atoms with Gasteiger partial charge in [0.2, 0.25) is 5.91 Å². The standard InChI is InChI=1S/C9H15N3O/c10-4-1-5-12-6-2-8(3-7-12)9(11)13/h8H,1-3,5-7H2,(H2,11,13). The second kappa shape index (κ2) is 4.83. The van der Waals surface area contributed by atoms with Gasteiger partial charge in [0.05, 0.1) is 6.07 Å². The van der Waals surface area contributed by atoms with Crippen molar-refractivity contribution in [2.24, 2.45) is 11.7 Å². The monoisotopic (exact) mass is 181 g/mol. The molecule has 4 heteroatoms. The van der Waals surface area contributed by atoms with E-state index in [1.165, 1.54) is 0 Å². The minimum Gasteiger partial charge on any atom is -0.369 e. The topological polar surface area (TPSA) is 70.1 Å². The third-order valence-corrected chi connectivity index (χ3v) is 2.53. The van der Waals surface area contributed by atoms with Crippen molar-refractivity contribution >= 4 is 5.91 Å². The van der Waals surface area contributed by atoms with E-state index in [-0.39, 0.29) is 11.8 Å². The number of carbonyl (C=O) groups is 1. The van der Waals surface area contributed by atoms with Gasteiger partial charge in [-0.1, -0.05) is 0 Å². The van der Waals surface area contributed by atoms with Crippen LogP contribution < -0.4 is 5.73 Å². The second-order valence-corrected chi connectivity index (χ2v) is 3.43. The van der Waals surface area contributed by atoms with Crippen LogP contribution in [-0.4, -0.2) is 30.4 Å². The molecule has 1 saturated heterocycles. The van der Waals surface area contributed by atoms with Crippen molar-refractivity contribution in [2.75, 3.05) is 19.6 Å². The van der Waals surface area contributed by atoms with Gasteiger partial charge >= 0.3 is 0 Å². The molecule has 0 saturated carbocycles. The Morgan fingerprint density at radius 3 is 2.62 bits per heavy atom. The van der Waals surface area contributed by atoms with Gasteiger partial charge in [-0.25, -0.2) is 0 Å². The second-order valence-electron chi connectivity index (χ2n) is 3.43. The van der Waals surface area contributed by atoms with Crippen LogP contribution in [0.5, 0.6) is 0 Å². The lowest BCUT2D eigenvalue weighted by molar-refractivity contribution is -0.123. The molecule has 0 radical (unpaired) electrons. The first-order valence-corrected chi connectivity index (χ1v) is 4.62. The molecule has 0 bridgehead atoms. The quantitative estimate of drug-likeness (QED) is 0.671. The number of amides is 1. The zero-order valence-electron chi connectivity index (χ0n) is 7.70. The number of hydrogen-bond acceptors (Lipinski definition) is 3. The maximum absolute atomic E-state index is 10.8. The molecule has 0 unspecified atom stereocenters. The van der Waals surface area contributed by atoms with Gasteiger partial charge in [0.15, 0.2) is 0 Å². The van der Waals surface area contributed by atoms with Crippen molar-refractivity contribution in [3.8, 4) is 6.07 Å². The minimum absolute atomic E-state index is 0.0540. The first-order valence-electron chi connectivity index (χ1n) is 4.62. The highest BCUT2D eigenvalue weighted by Crippen LogP contribution is 2.16. The maximum atomic E-state index is 10.8. The van der Waals surface area contributed by atoms with Gasteiger partial charge in [-0.05, 0) is 25.9 Å². The Morgan fingerprint density at radius 2 is 2.15 bits per heavy atom. The summed E-state index contributed by atoms with van der Waals surface area (Å²) in [5.41, 5.74) is 5.20. The molecule has 0 aromatic rings. The largest absolute Gasteiger partial charge is 0.369 e. The molecule has 0 spiro atoms. The summed E-state index contributed by atoms with van der Waals surface area (Å²) in [6.07, 6.45) is 2.27. The van der Waals surface area contributed by atoms with Crippen LogP contribution in [0, 0.1) is 17.2 Å². The molecule has 1 aliphatic heterocycles. The minimum atomic E-state index is -0.181. The average molecular weight is 181 g/mol. The molecular formula is C9H15N3O. The van der Waals surface area contributed by atoms with Crippen LogP contribution in [0.2, 0.25) is 0 Å². The number of nitrogens with zero attached hydrogens (tertiary/aromatic N) is 2. The molecule has 0 aliphatic carbocycles. The Hall–Kier alpha value is -1.08. The van der Waals surface area contributed by atoms with Crippen molar-refractivity contribution in [1.29, 1.82) is 5.26 Å². The van der Waals surface area contributed by atoms with E-state index in [0.29, 0.717) is 6.42 Å². The molecule has 4 nitrogen and oxygen atoms in total. The van der Waals surface area contributed by atoms with E-state index in [1.807, 2.05) is 0 Å². The third-order valence-electron chi connectivity index (χ3n) is 2.53. The first kappa shape index (κ1) is 10.0. The van der Waals surface area contributed by atoms with Crippen LogP contribution in [-0.2, 0) is 4.79 Å². The molecule has 0 aromatic carbocycles. The van der Waals surface area contributed by atoms with Crippen LogP contribution in [0.25, 0.3) is 0 Å². The van der Waals surface area contributed by atoms with Gasteiger partial charge in [-0.15, -0.1) is 0 Å². The molecule has 13 heavy (non-hydrogen) atoms. The van der Waals surface area contributed by atoms with Gasteiger partial charge in [0.1, 0.15) is 0 Å². The lowest BCUT2D eigenvalue weighted by Crippen LogP contribution is -2.38. The van der Waals surface area contributed by atoms with Gasteiger partial charge in [0, 0.05) is 18.9 Å². The van der Waals surface area contributed by atoms with E-state index < -0.39 is 0 Å². The van der Waals surface area contributed by atoms with Crippen LogP contribution in [0.1, 0.15) is 19.3 Å². The number of hydrogen-bond donors (Lipinski definition) is 1. The average Bonchev–Trinajstić information content (AvgIpc) is 2.15. The number of nitrogens with two attached hydrogens (primary N) is 1. The van der Waals surface area contributed by atoms with E-state index in [2.05, 4.69) is 11.0 Å². The SMILES string of the molecule is N#CCCN1CCC(C(N)=O)CC1. The van der Waals surface area contributed by atoms with Crippen LogP contribution in [0.4, 0.5) is 0 Å². The zero-order valence-corrected chi connectivity index (χ0v) is 7.70. The summed E-state index contributed by atoms with van der Waals surface area (Å²) in [6, 6.07) is 2.12. The lowest BCUT2D eigenvalue weighted by Gasteiger charge is -2.29. The Kier molecular flexibility index (Phi) is 3.71. The highest BCUT2D eigenvalue weighted by atomic mass is 16.1. The number of likely N-dealkylation sites (tertiary alicyclic amines) is 1. The summed E-state index contributed by atoms with van der Waals surface area (Å²) in [7, 11) is 0. The fraction of sp³-hybridized carbons (Fsp3) is 0.778.